The standard InChI is InChI=1S/C22H32N8O2/c1-5-21(27-26-16(3)19-11-12-25-29(19)13-17-9-10-17)32-14-18-15(2)7-6-8-20(18)30(24)22(31)28(4)23/h6-8,11-12,17H,5,9-10,13-14,23-24H2,1-4H3. The summed E-state index contributed by atoms with van der Waals surface area (Å²) in [4.78, 5) is 12.2. The SMILES string of the molecule is CCC(=NN=C(C)c1ccnn1CC1CC1)OCc1c(C)cccc1N(N)C(=O)N(C)N. The summed E-state index contributed by atoms with van der Waals surface area (Å²) in [6, 6.07) is 6.91. The molecule has 1 aliphatic carbocycles. The highest BCUT2D eigenvalue weighted by molar-refractivity contribution is 5.97. The van der Waals surface area contributed by atoms with Crippen LogP contribution in [0.5, 0.6) is 0 Å². The van der Waals surface area contributed by atoms with Gasteiger partial charge in [-0.2, -0.15) is 10.2 Å². The lowest BCUT2D eigenvalue weighted by Crippen LogP contribution is -2.49. The molecule has 1 heterocycles. The highest BCUT2D eigenvalue weighted by atomic mass is 16.5. The maximum atomic E-state index is 12.2. The summed E-state index contributed by atoms with van der Waals surface area (Å²) in [6.45, 7) is 6.90. The number of benzene rings is 1. The van der Waals surface area contributed by atoms with Crippen LogP contribution < -0.4 is 16.7 Å². The molecule has 0 spiro atoms. The Morgan fingerprint density at radius 2 is 2.03 bits per heavy atom. The van der Waals surface area contributed by atoms with Crippen LogP contribution in [0.3, 0.4) is 0 Å². The first-order chi connectivity index (χ1) is 15.3. The Morgan fingerprint density at radius 3 is 2.69 bits per heavy atom. The lowest BCUT2D eigenvalue weighted by atomic mass is 10.1. The van der Waals surface area contributed by atoms with E-state index in [1.54, 1.807) is 12.3 Å². The molecule has 0 radical (unpaired) electrons. The Labute approximate surface area is 188 Å². The van der Waals surface area contributed by atoms with E-state index in [1.807, 2.05) is 43.7 Å². The normalized spacial score (nSPS) is 14.4. The van der Waals surface area contributed by atoms with Crippen molar-refractivity contribution < 1.29 is 9.53 Å². The van der Waals surface area contributed by atoms with Gasteiger partial charge in [0, 0.05) is 31.8 Å². The predicted octanol–water partition coefficient (Wildman–Crippen LogP) is 2.96. The first-order valence-electron chi connectivity index (χ1n) is 10.7. The van der Waals surface area contributed by atoms with Crippen LogP contribution in [-0.4, -0.2) is 39.5 Å². The monoisotopic (exact) mass is 440 g/mol. The van der Waals surface area contributed by atoms with E-state index in [-0.39, 0.29) is 6.61 Å². The summed E-state index contributed by atoms with van der Waals surface area (Å²) in [6.07, 6.45) is 4.87. The van der Waals surface area contributed by atoms with Gasteiger partial charge in [-0.1, -0.05) is 19.1 Å². The van der Waals surface area contributed by atoms with Gasteiger partial charge in [0.15, 0.2) is 0 Å². The van der Waals surface area contributed by atoms with Crippen molar-refractivity contribution in [1.29, 1.82) is 0 Å². The third-order valence-corrected chi connectivity index (χ3v) is 5.37. The average molecular weight is 441 g/mol. The van der Waals surface area contributed by atoms with E-state index in [0.29, 0.717) is 18.0 Å². The van der Waals surface area contributed by atoms with Crippen molar-refractivity contribution in [3.8, 4) is 0 Å². The maximum absolute atomic E-state index is 12.2. The van der Waals surface area contributed by atoms with E-state index in [2.05, 4.69) is 15.3 Å². The summed E-state index contributed by atoms with van der Waals surface area (Å²) < 4.78 is 7.93. The zero-order chi connectivity index (χ0) is 23.3. The minimum atomic E-state index is -0.538. The quantitative estimate of drug-likeness (QED) is 0.214. The molecule has 1 aromatic carbocycles. The third-order valence-electron chi connectivity index (χ3n) is 5.37. The van der Waals surface area contributed by atoms with Crippen molar-refractivity contribution in [3.05, 3.63) is 47.3 Å². The van der Waals surface area contributed by atoms with E-state index in [9.17, 15) is 4.79 Å². The molecule has 0 bridgehead atoms. The first kappa shape index (κ1) is 23.4. The Morgan fingerprint density at radius 1 is 1.28 bits per heavy atom. The van der Waals surface area contributed by atoms with Gasteiger partial charge in [0.25, 0.3) is 0 Å². The molecule has 1 saturated carbocycles. The molecule has 1 aromatic heterocycles. The number of hydrogen-bond acceptors (Lipinski definition) is 7. The van der Waals surface area contributed by atoms with E-state index in [1.165, 1.54) is 19.9 Å². The Balaban J connectivity index is 1.74. The first-order valence-corrected chi connectivity index (χ1v) is 10.7. The minimum Gasteiger partial charge on any atom is -0.475 e. The van der Waals surface area contributed by atoms with Crippen LogP contribution in [-0.2, 0) is 17.9 Å². The molecule has 3 rings (SSSR count). The number of aryl methyl sites for hydroxylation is 1. The predicted molar refractivity (Wildman–Crippen MR) is 125 cm³/mol. The summed E-state index contributed by atoms with van der Waals surface area (Å²) in [7, 11) is 1.44. The summed E-state index contributed by atoms with van der Waals surface area (Å²) in [5.41, 5.74) is 3.96. The van der Waals surface area contributed by atoms with Gasteiger partial charge in [0.2, 0.25) is 5.90 Å². The second-order valence-corrected chi connectivity index (χ2v) is 8.00. The molecule has 32 heavy (non-hydrogen) atoms. The van der Waals surface area contributed by atoms with Gasteiger partial charge < -0.3 is 4.74 Å². The number of nitrogens with two attached hydrogens (primary N) is 2. The van der Waals surface area contributed by atoms with E-state index in [0.717, 1.165) is 45.0 Å². The fraction of sp³-hybridized carbons (Fsp3) is 0.455. The molecule has 172 valence electrons. The topological polar surface area (TPSA) is 127 Å². The van der Waals surface area contributed by atoms with Crippen molar-refractivity contribution in [1.82, 2.24) is 14.8 Å². The molecule has 0 unspecified atom stereocenters. The van der Waals surface area contributed by atoms with Crippen LogP contribution in [0.15, 0.2) is 40.7 Å². The average Bonchev–Trinajstić information content (AvgIpc) is 3.47. The fourth-order valence-corrected chi connectivity index (χ4v) is 3.24. The third kappa shape index (κ3) is 5.71. The number of urea groups is 1. The Bertz CT molecular complexity index is 1010. The number of rotatable bonds is 8. The lowest BCUT2D eigenvalue weighted by molar-refractivity contribution is 0.216. The highest BCUT2D eigenvalue weighted by Crippen LogP contribution is 2.30. The second-order valence-electron chi connectivity index (χ2n) is 8.00. The Kier molecular flexibility index (Phi) is 7.60. The van der Waals surface area contributed by atoms with Crippen molar-refractivity contribution in [2.75, 3.05) is 12.1 Å². The van der Waals surface area contributed by atoms with Gasteiger partial charge in [-0.25, -0.2) is 21.5 Å². The number of carbonyl (C=O) groups excluding carboxylic acids is 1. The lowest BCUT2D eigenvalue weighted by Gasteiger charge is -2.24. The number of carbonyl (C=O) groups is 1. The Hall–Kier alpha value is -3.24. The molecular weight excluding hydrogens is 408 g/mol. The van der Waals surface area contributed by atoms with Crippen molar-refractivity contribution in [2.45, 2.75) is 53.2 Å². The van der Waals surface area contributed by atoms with Crippen LogP contribution in [0.1, 0.15) is 49.9 Å². The van der Waals surface area contributed by atoms with Crippen molar-refractivity contribution in [3.63, 3.8) is 0 Å². The number of amides is 2. The smallest absolute Gasteiger partial charge is 0.352 e. The van der Waals surface area contributed by atoms with Crippen LogP contribution in [0.2, 0.25) is 0 Å². The zero-order valence-corrected chi connectivity index (χ0v) is 19.2. The molecule has 4 N–H and O–H groups in total. The summed E-state index contributed by atoms with van der Waals surface area (Å²) in [5, 5.41) is 15.0. The van der Waals surface area contributed by atoms with Gasteiger partial charge in [0.05, 0.1) is 17.1 Å². The van der Waals surface area contributed by atoms with Gasteiger partial charge in [-0.05, 0) is 50.3 Å². The number of ether oxygens (including phenoxy) is 1. The number of hydrogen-bond donors (Lipinski definition) is 2. The minimum absolute atomic E-state index is 0.193. The van der Waals surface area contributed by atoms with Crippen molar-refractivity contribution >= 4 is 23.3 Å². The molecule has 10 heteroatoms. The second kappa shape index (κ2) is 10.4. The van der Waals surface area contributed by atoms with Crippen molar-refractivity contribution in [2.24, 2.45) is 27.8 Å². The van der Waals surface area contributed by atoms with E-state index >= 15 is 0 Å². The molecule has 2 aromatic rings. The van der Waals surface area contributed by atoms with E-state index < -0.39 is 6.03 Å². The summed E-state index contributed by atoms with van der Waals surface area (Å²) in [5.74, 6) is 12.7. The molecule has 1 aliphatic rings. The number of anilines is 1. The van der Waals surface area contributed by atoms with Gasteiger partial charge in [0.1, 0.15) is 6.61 Å². The number of nitrogens with zero attached hydrogens (tertiary/aromatic N) is 6. The molecular formula is C22H32N8O2. The molecule has 1 fully saturated rings. The fourth-order valence-electron chi connectivity index (χ4n) is 3.24. The van der Waals surface area contributed by atoms with Crippen LogP contribution in [0.4, 0.5) is 10.5 Å². The van der Waals surface area contributed by atoms with E-state index in [4.69, 9.17) is 16.4 Å². The van der Waals surface area contributed by atoms with Crippen LogP contribution in [0.25, 0.3) is 0 Å². The summed E-state index contributed by atoms with van der Waals surface area (Å²) >= 11 is 0. The molecule has 0 aliphatic heterocycles. The highest BCUT2D eigenvalue weighted by Gasteiger charge is 2.23. The molecule has 0 saturated heterocycles. The largest absolute Gasteiger partial charge is 0.475 e. The number of aromatic nitrogens is 2. The van der Waals surface area contributed by atoms with Gasteiger partial charge in [-0.15, -0.1) is 5.10 Å². The zero-order valence-electron chi connectivity index (χ0n) is 19.2. The van der Waals surface area contributed by atoms with Crippen LogP contribution >= 0.6 is 0 Å². The van der Waals surface area contributed by atoms with Crippen LogP contribution in [0, 0.1) is 12.8 Å². The maximum Gasteiger partial charge on any atom is 0.352 e. The number of hydrazine groups is 2. The molecule has 10 nitrogen and oxygen atoms in total. The molecule has 0 atom stereocenters. The van der Waals surface area contributed by atoms with Gasteiger partial charge in [-0.3, -0.25) is 9.69 Å². The molecule has 2 amide bonds. The van der Waals surface area contributed by atoms with Gasteiger partial charge >= 0.3 is 6.03 Å².